The second-order valence-corrected chi connectivity index (χ2v) is 15.1. The van der Waals surface area contributed by atoms with Gasteiger partial charge >= 0.3 is 0 Å². The SMILES string of the molecule is c1ccc(-c2ccc(-c3nc(-c4cccc(-c5cccc6ccccc56)c4)nc(-c4ccc5c(c4)C(c4ccccc4)(c4ccccc4)c4ccccc4-5)n3)cc2)cc1. The van der Waals surface area contributed by atoms with Crippen LogP contribution < -0.4 is 0 Å². The van der Waals surface area contributed by atoms with Gasteiger partial charge in [0.1, 0.15) is 0 Å². The van der Waals surface area contributed by atoms with Crippen molar-refractivity contribution in [3.63, 3.8) is 0 Å². The first kappa shape index (κ1) is 34.5. The third-order valence-electron chi connectivity index (χ3n) is 11.8. The van der Waals surface area contributed by atoms with E-state index in [0.717, 1.165) is 27.8 Å². The topological polar surface area (TPSA) is 38.7 Å². The van der Waals surface area contributed by atoms with Crippen molar-refractivity contribution in [1.29, 1.82) is 0 Å². The summed E-state index contributed by atoms with van der Waals surface area (Å²) in [6, 6.07) is 80.0. The molecule has 1 aliphatic carbocycles. The molecule has 0 atom stereocenters. The van der Waals surface area contributed by atoms with Gasteiger partial charge in [0.25, 0.3) is 0 Å². The van der Waals surface area contributed by atoms with Crippen molar-refractivity contribution in [2.24, 2.45) is 0 Å². The van der Waals surface area contributed by atoms with Gasteiger partial charge in [0.15, 0.2) is 17.5 Å². The molecule has 0 N–H and O–H groups in total. The Kier molecular flexibility index (Phi) is 8.37. The highest BCUT2D eigenvalue weighted by Crippen LogP contribution is 2.56. The van der Waals surface area contributed by atoms with Gasteiger partial charge in [0, 0.05) is 16.7 Å². The zero-order chi connectivity index (χ0) is 39.2. The number of fused-ring (bicyclic) bond motifs is 4. The van der Waals surface area contributed by atoms with Crippen molar-refractivity contribution in [2.45, 2.75) is 5.41 Å². The summed E-state index contributed by atoms with van der Waals surface area (Å²) in [4.78, 5) is 15.8. The lowest BCUT2D eigenvalue weighted by atomic mass is 9.67. The van der Waals surface area contributed by atoms with Crippen LogP contribution in [0.5, 0.6) is 0 Å². The summed E-state index contributed by atoms with van der Waals surface area (Å²) < 4.78 is 0. The summed E-state index contributed by atoms with van der Waals surface area (Å²) in [5.41, 5.74) is 14.2. The van der Waals surface area contributed by atoms with Gasteiger partial charge in [-0.15, -0.1) is 0 Å². The van der Waals surface area contributed by atoms with E-state index in [0.29, 0.717) is 17.5 Å². The van der Waals surface area contributed by atoms with E-state index in [4.69, 9.17) is 15.0 Å². The summed E-state index contributed by atoms with van der Waals surface area (Å²) in [6.07, 6.45) is 0. The van der Waals surface area contributed by atoms with Gasteiger partial charge in [-0.2, -0.15) is 0 Å². The first-order chi connectivity index (χ1) is 29.2. The fourth-order valence-electron chi connectivity index (χ4n) is 9.09. The van der Waals surface area contributed by atoms with E-state index < -0.39 is 5.41 Å². The second kappa shape index (κ2) is 14.3. The molecule has 0 radical (unpaired) electrons. The van der Waals surface area contributed by atoms with Crippen LogP contribution in [0.4, 0.5) is 0 Å². The van der Waals surface area contributed by atoms with Gasteiger partial charge in [0.2, 0.25) is 0 Å². The molecule has 3 nitrogen and oxygen atoms in total. The molecule has 0 saturated carbocycles. The van der Waals surface area contributed by atoms with E-state index in [1.54, 1.807) is 0 Å². The van der Waals surface area contributed by atoms with Crippen molar-refractivity contribution in [3.8, 4) is 67.5 Å². The van der Waals surface area contributed by atoms with Crippen LogP contribution in [0.15, 0.2) is 224 Å². The standard InChI is InChI=1S/C56H37N3/c1-4-16-38(17-5-1)39-30-32-41(33-31-39)53-57-54(43-21-14-20-42(36-43)48-28-15-19-40-18-10-11-26-47(40)48)59-55(58-53)44-34-35-50-49-27-12-13-29-51(49)56(52(50)37-44,45-22-6-2-7-23-45)46-24-8-3-9-25-46/h1-37H. The molecule has 0 aliphatic heterocycles. The first-order valence-corrected chi connectivity index (χ1v) is 20.1. The van der Waals surface area contributed by atoms with Crippen molar-refractivity contribution in [2.75, 3.05) is 0 Å². The maximum atomic E-state index is 5.31. The van der Waals surface area contributed by atoms with E-state index in [2.05, 4.69) is 218 Å². The van der Waals surface area contributed by atoms with Crippen molar-refractivity contribution in [1.82, 2.24) is 15.0 Å². The van der Waals surface area contributed by atoms with Crippen LogP contribution in [0, 0.1) is 0 Å². The van der Waals surface area contributed by atoms with Crippen molar-refractivity contribution >= 4 is 10.8 Å². The predicted molar refractivity (Wildman–Crippen MR) is 242 cm³/mol. The van der Waals surface area contributed by atoms with Crippen LogP contribution in [-0.4, -0.2) is 15.0 Å². The Balaban J connectivity index is 1.11. The Bertz CT molecular complexity index is 3090. The lowest BCUT2D eigenvalue weighted by Gasteiger charge is -2.34. The van der Waals surface area contributed by atoms with Crippen molar-refractivity contribution in [3.05, 3.63) is 247 Å². The fourth-order valence-corrected chi connectivity index (χ4v) is 9.09. The summed E-state index contributed by atoms with van der Waals surface area (Å²) in [7, 11) is 0. The smallest absolute Gasteiger partial charge is 0.164 e. The Morgan fingerprint density at radius 2 is 0.729 bits per heavy atom. The molecule has 1 aliphatic rings. The molecule has 10 aromatic rings. The highest BCUT2D eigenvalue weighted by Gasteiger charge is 2.46. The number of benzene rings is 9. The maximum Gasteiger partial charge on any atom is 0.164 e. The summed E-state index contributed by atoms with van der Waals surface area (Å²) >= 11 is 0. The maximum absolute atomic E-state index is 5.31. The van der Waals surface area contributed by atoms with Gasteiger partial charge in [0.05, 0.1) is 5.41 Å². The zero-order valence-corrected chi connectivity index (χ0v) is 32.2. The highest BCUT2D eigenvalue weighted by molar-refractivity contribution is 5.97. The molecule has 9 aromatic carbocycles. The number of rotatable bonds is 7. The predicted octanol–water partition coefficient (Wildman–Crippen LogP) is 13.7. The molecular formula is C56H37N3. The normalized spacial score (nSPS) is 12.5. The van der Waals surface area contributed by atoms with E-state index >= 15 is 0 Å². The van der Waals surface area contributed by atoms with Gasteiger partial charge < -0.3 is 0 Å². The largest absolute Gasteiger partial charge is 0.208 e. The molecule has 3 heteroatoms. The Morgan fingerprint density at radius 1 is 0.271 bits per heavy atom. The minimum absolute atomic E-state index is 0.538. The van der Waals surface area contributed by atoms with Crippen molar-refractivity contribution < 1.29 is 0 Å². The Labute approximate surface area is 344 Å². The quantitative estimate of drug-likeness (QED) is 0.163. The van der Waals surface area contributed by atoms with E-state index in [-0.39, 0.29) is 0 Å². The van der Waals surface area contributed by atoms with Gasteiger partial charge in [-0.05, 0) is 78.5 Å². The van der Waals surface area contributed by atoms with Crippen LogP contribution in [0.3, 0.4) is 0 Å². The minimum Gasteiger partial charge on any atom is -0.208 e. The number of hydrogen-bond acceptors (Lipinski definition) is 3. The van der Waals surface area contributed by atoms with E-state index in [9.17, 15) is 0 Å². The summed E-state index contributed by atoms with van der Waals surface area (Å²) in [5.74, 6) is 1.88. The van der Waals surface area contributed by atoms with Crippen LogP contribution >= 0.6 is 0 Å². The molecule has 0 saturated heterocycles. The lowest BCUT2D eigenvalue weighted by molar-refractivity contribution is 0.768. The van der Waals surface area contributed by atoms with E-state index in [1.165, 1.54) is 55.3 Å². The van der Waals surface area contributed by atoms with E-state index in [1.807, 2.05) is 6.07 Å². The molecule has 11 rings (SSSR count). The lowest BCUT2D eigenvalue weighted by Crippen LogP contribution is -2.28. The van der Waals surface area contributed by atoms with Crippen LogP contribution in [0.25, 0.3) is 78.3 Å². The molecular weight excluding hydrogens is 715 g/mol. The highest BCUT2D eigenvalue weighted by atomic mass is 15.0. The molecule has 1 heterocycles. The molecule has 0 unspecified atom stereocenters. The average Bonchev–Trinajstić information content (AvgIpc) is 3.62. The number of aromatic nitrogens is 3. The molecule has 0 fully saturated rings. The number of hydrogen-bond donors (Lipinski definition) is 0. The molecule has 1 aromatic heterocycles. The molecule has 0 amide bonds. The minimum atomic E-state index is -0.538. The van der Waals surface area contributed by atoms with Gasteiger partial charge in [-0.3, -0.25) is 0 Å². The van der Waals surface area contributed by atoms with Gasteiger partial charge in [-0.25, -0.2) is 15.0 Å². The first-order valence-electron chi connectivity index (χ1n) is 20.1. The van der Waals surface area contributed by atoms with Crippen LogP contribution in [-0.2, 0) is 5.41 Å². The summed E-state index contributed by atoms with van der Waals surface area (Å²) in [5, 5.41) is 2.42. The number of nitrogens with zero attached hydrogens (tertiary/aromatic N) is 3. The monoisotopic (exact) mass is 751 g/mol. The van der Waals surface area contributed by atoms with Gasteiger partial charge in [-0.1, -0.05) is 212 Å². The molecule has 0 bridgehead atoms. The zero-order valence-electron chi connectivity index (χ0n) is 32.2. The third-order valence-corrected chi connectivity index (χ3v) is 11.8. The summed E-state index contributed by atoms with van der Waals surface area (Å²) in [6.45, 7) is 0. The molecule has 0 spiro atoms. The Morgan fingerprint density at radius 3 is 1.46 bits per heavy atom. The second-order valence-electron chi connectivity index (χ2n) is 15.1. The van der Waals surface area contributed by atoms with Crippen LogP contribution in [0.1, 0.15) is 22.3 Å². The molecule has 59 heavy (non-hydrogen) atoms. The fraction of sp³-hybridized carbons (Fsp3) is 0.0179. The molecule has 276 valence electrons. The van der Waals surface area contributed by atoms with Crippen LogP contribution in [0.2, 0.25) is 0 Å². The third kappa shape index (κ3) is 5.86. The average molecular weight is 752 g/mol. The Hall–Kier alpha value is -7.75.